The van der Waals surface area contributed by atoms with Crippen molar-refractivity contribution in [2.45, 2.75) is 0 Å². The lowest BCUT2D eigenvalue weighted by molar-refractivity contribution is 0.628. The van der Waals surface area contributed by atoms with Crippen molar-refractivity contribution < 1.29 is 8.81 Å². The van der Waals surface area contributed by atoms with Crippen molar-refractivity contribution in [3.8, 4) is 22.4 Å². The zero-order valence-electron chi connectivity index (χ0n) is 13.3. The molecule has 2 aromatic heterocycles. The van der Waals surface area contributed by atoms with E-state index < -0.39 is 5.82 Å². The van der Waals surface area contributed by atoms with E-state index in [2.05, 4.69) is 4.98 Å². The number of pyridine rings is 1. The Hall–Kier alpha value is -2.76. The topological polar surface area (TPSA) is 78.1 Å². The first-order chi connectivity index (χ1) is 12.5. The first kappa shape index (κ1) is 16.7. The summed E-state index contributed by atoms with van der Waals surface area (Å²) in [4.78, 5) is 4.50. The molecule has 0 aliphatic carbocycles. The van der Waals surface area contributed by atoms with Crippen molar-refractivity contribution >= 4 is 45.7 Å². The van der Waals surface area contributed by atoms with Gasteiger partial charge in [-0.1, -0.05) is 41.4 Å². The van der Waals surface area contributed by atoms with Crippen molar-refractivity contribution in [1.29, 1.82) is 0 Å². The molecule has 0 radical (unpaired) electrons. The lowest BCUT2D eigenvalue weighted by Crippen LogP contribution is -1.92. The van der Waals surface area contributed by atoms with Gasteiger partial charge in [0.05, 0.1) is 10.4 Å². The molecule has 130 valence electrons. The first-order valence-electron chi connectivity index (χ1n) is 7.63. The molecule has 0 spiro atoms. The van der Waals surface area contributed by atoms with Crippen LogP contribution < -0.4 is 11.5 Å². The number of nitrogens with two attached hydrogens (primary N) is 2. The van der Waals surface area contributed by atoms with Crippen LogP contribution in [0.15, 0.2) is 53.1 Å². The number of hydrogen-bond acceptors (Lipinski definition) is 4. The SMILES string of the molecule is Nc1oc2c(-c3ccc(Cl)cc3)ncc(-c3ccc(F)c(Cl)c3)c2c1N. The molecule has 2 heterocycles. The van der Waals surface area contributed by atoms with Gasteiger partial charge in [-0.3, -0.25) is 4.98 Å². The minimum atomic E-state index is -0.503. The number of anilines is 2. The Morgan fingerprint density at radius 1 is 0.962 bits per heavy atom. The number of nitrogen functional groups attached to an aromatic ring is 2. The van der Waals surface area contributed by atoms with E-state index >= 15 is 0 Å². The summed E-state index contributed by atoms with van der Waals surface area (Å²) in [5.74, 6) is -0.408. The van der Waals surface area contributed by atoms with E-state index in [-0.39, 0.29) is 10.9 Å². The summed E-state index contributed by atoms with van der Waals surface area (Å²) in [6.07, 6.45) is 1.64. The summed E-state index contributed by atoms with van der Waals surface area (Å²) in [5, 5.41) is 1.22. The minimum absolute atomic E-state index is 0.00691. The van der Waals surface area contributed by atoms with E-state index in [4.69, 9.17) is 39.1 Å². The van der Waals surface area contributed by atoms with Gasteiger partial charge in [-0.05, 0) is 29.8 Å². The Morgan fingerprint density at radius 3 is 2.35 bits per heavy atom. The second-order valence-electron chi connectivity index (χ2n) is 5.74. The molecule has 4 N–H and O–H groups in total. The molecule has 0 aliphatic heterocycles. The second kappa shape index (κ2) is 6.20. The molecular weight excluding hydrogens is 376 g/mol. The Labute approximate surface area is 158 Å². The van der Waals surface area contributed by atoms with Crippen LogP contribution in [0.3, 0.4) is 0 Å². The Kier molecular flexibility index (Phi) is 3.98. The molecule has 4 nitrogen and oxygen atoms in total. The van der Waals surface area contributed by atoms with Gasteiger partial charge in [0.15, 0.2) is 5.58 Å². The van der Waals surface area contributed by atoms with Crippen molar-refractivity contribution in [3.63, 3.8) is 0 Å². The van der Waals surface area contributed by atoms with E-state index in [0.717, 1.165) is 5.56 Å². The van der Waals surface area contributed by atoms with Crippen LogP contribution in [0.2, 0.25) is 10.0 Å². The average molecular weight is 388 g/mol. The zero-order chi connectivity index (χ0) is 18.4. The van der Waals surface area contributed by atoms with Gasteiger partial charge in [0, 0.05) is 22.3 Å². The fraction of sp³-hybridized carbons (Fsp3) is 0. The van der Waals surface area contributed by atoms with Gasteiger partial charge in [0.2, 0.25) is 5.88 Å². The average Bonchev–Trinajstić information content (AvgIpc) is 2.93. The van der Waals surface area contributed by atoms with Gasteiger partial charge >= 0.3 is 0 Å². The maximum atomic E-state index is 13.5. The van der Waals surface area contributed by atoms with Gasteiger partial charge in [-0.2, -0.15) is 0 Å². The zero-order valence-corrected chi connectivity index (χ0v) is 14.8. The third-order valence-electron chi connectivity index (χ3n) is 4.13. The molecular formula is C19H12Cl2FN3O. The van der Waals surface area contributed by atoms with Crippen molar-refractivity contribution in [3.05, 3.63) is 64.5 Å². The van der Waals surface area contributed by atoms with Crippen LogP contribution in [0.25, 0.3) is 33.4 Å². The first-order valence-corrected chi connectivity index (χ1v) is 8.39. The Balaban J connectivity index is 2.01. The molecule has 0 amide bonds. The van der Waals surface area contributed by atoms with Gasteiger partial charge < -0.3 is 15.9 Å². The van der Waals surface area contributed by atoms with Gasteiger partial charge in [-0.25, -0.2) is 4.39 Å². The summed E-state index contributed by atoms with van der Waals surface area (Å²) >= 11 is 11.9. The van der Waals surface area contributed by atoms with Crippen LogP contribution in [0, 0.1) is 5.82 Å². The molecule has 0 saturated heterocycles. The normalized spacial score (nSPS) is 11.2. The second-order valence-corrected chi connectivity index (χ2v) is 6.58. The standard InChI is InChI=1S/C19H12Cl2FN3O/c20-11-4-1-9(2-5-11)17-18-15(16(23)19(24)26-18)12(8-25-17)10-3-6-14(22)13(21)7-10/h1-8H,23-24H2. The highest BCUT2D eigenvalue weighted by molar-refractivity contribution is 6.31. The van der Waals surface area contributed by atoms with Crippen molar-refractivity contribution in [2.75, 3.05) is 11.5 Å². The third-order valence-corrected chi connectivity index (χ3v) is 4.67. The number of aromatic nitrogens is 1. The van der Waals surface area contributed by atoms with Crippen LogP contribution in [0.1, 0.15) is 0 Å². The maximum Gasteiger partial charge on any atom is 0.215 e. The predicted octanol–water partition coefficient (Wildman–Crippen LogP) is 5.77. The summed E-state index contributed by atoms with van der Waals surface area (Å²) in [5.41, 5.74) is 15.5. The van der Waals surface area contributed by atoms with Crippen LogP contribution >= 0.6 is 23.2 Å². The van der Waals surface area contributed by atoms with Crippen molar-refractivity contribution in [2.24, 2.45) is 0 Å². The Bertz CT molecular complexity index is 1140. The predicted molar refractivity (Wildman–Crippen MR) is 104 cm³/mol. The Morgan fingerprint density at radius 2 is 1.65 bits per heavy atom. The lowest BCUT2D eigenvalue weighted by Gasteiger charge is -2.08. The number of hydrogen-bond donors (Lipinski definition) is 2. The molecule has 0 bridgehead atoms. The molecule has 2 aromatic carbocycles. The largest absolute Gasteiger partial charge is 0.436 e. The summed E-state index contributed by atoms with van der Waals surface area (Å²) < 4.78 is 19.2. The summed E-state index contributed by atoms with van der Waals surface area (Å²) in [6.45, 7) is 0. The highest BCUT2D eigenvalue weighted by atomic mass is 35.5. The van der Waals surface area contributed by atoms with Gasteiger partial charge in [0.25, 0.3) is 0 Å². The molecule has 0 unspecified atom stereocenters. The number of benzene rings is 2. The van der Waals surface area contributed by atoms with E-state index in [9.17, 15) is 4.39 Å². The molecule has 0 aliphatic rings. The number of fused-ring (bicyclic) bond motifs is 1. The van der Waals surface area contributed by atoms with E-state index in [1.54, 1.807) is 24.4 Å². The molecule has 26 heavy (non-hydrogen) atoms. The molecule has 4 rings (SSSR count). The van der Waals surface area contributed by atoms with E-state index in [1.807, 2.05) is 12.1 Å². The van der Waals surface area contributed by atoms with Crippen molar-refractivity contribution in [1.82, 2.24) is 4.98 Å². The van der Waals surface area contributed by atoms with Gasteiger partial charge in [0.1, 0.15) is 17.2 Å². The fourth-order valence-electron chi connectivity index (χ4n) is 2.84. The highest BCUT2D eigenvalue weighted by Crippen LogP contribution is 2.42. The van der Waals surface area contributed by atoms with Crippen LogP contribution in [-0.2, 0) is 0 Å². The number of halogens is 3. The molecule has 0 saturated carbocycles. The third kappa shape index (κ3) is 2.66. The van der Waals surface area contributed by atoms with E-state index in [1.165, 1.54) is 12.1 Å². The molecule has 0 atom stereocenters. The minimum Gasteiger partial charge on any atom is -0.436 e. The number of nitrogens with zero attached hydrogens (tertiary/aromatic N) is 1. The lowest BCUT2D eigenvalue weighted by atomic mass is 10.0. The smallest absolute Gasteiger partial charge is 0.215 e. The van der Waals surface area contributed by atoms with Crippen LogP contribution in [-0.4, -0.2) is 4.98 Å². The number of rotatable bonds is 2. The van der Waals surface area contributed by atoms with Gasteiger partial charge in [-0.15, -0.1) is 0 Å². The maximum absolute atomic E-state index is 13.5. The summed E-state index contributed by atoms with van der Waals surface area (Å²) in [7, 11) is 0. The summed E-state index contributed by atoms with van der Waals surface area (Å²) in [6, 6.07) is 11.6. The molecule has 0 fully saturated rings. The quantitative estimate of drug-likeness (QED) is 0.457. The highest BCUT2D eigenvalue weighted by Gasteiger charge is 2.20. The monoisotopic (exact) mass is 387 g/mol. The van der Waals surface area contributed by atoms with Crippen LogP contribution in [0.4, 0.5) is 16.0 Å². The molecule has 7 heteroatoms. The molecule has 4 aromatic rings. The fourth-order valence-corrected chi connectivity index (χ4v) is 3.15. The van der Waals surface area contributed by atoms with E-state index in [0.29, 0.717) is 38.5 Å². The van der Waals surface area contributed by atoms with Crippen LogP contribution in [0.5, 0.6) is 0 Å². The number of furan rings is 1.